The predicted molar refractivity (Wildman–Crippen MR) is 273 cm³/mol. The first-order valence-corrected chi connectivity index (χ1v) is 27.7. The van der Waals surface area contributed by atoms with E-state index in [1.165, 1.54) is 173 Å². The summed E-state index contributed by atoms with van der Waals surface area (Å²) in [5.74, 6) is -0.493. The molecule has 0 aromatic carbocycles. The fourth-order valence-corrected chi connectivity index (χ4v) is 8.55. The number of hydrogen-bond acceptors (Lipinski definition) is 5. The van der Waals surface area contributed by atoms with Crippen molar-refractivity contribution in [3.8, 4) is 0 Å². The van der Waals surface area contributed by atoms with Crippen LogP contribution < -0.4 is 5.32 Å². The molecule has 0 rings (SSSR count). The van der Waals surface area contributed by atoms with Crippen molar-refractivity contribution in [2.45, 2.75) is 309 Å². The van der Waals surface area contributed by atoms with Crippen LogP contribution in [0, 0.1) is 0 Å². The SMILES string of the molecule is CCCCCCC/C=C/C=C/C=C/CCCCCC(CC(=O)NC(CO)C(O)CCCCCCCCCCCCCCC)OC(=O)CCCCCCCCCCCCCCCCC. The van der Waals surface area contributed by atoms with Gasteiger partial charge in [-0.15, -0.1) is 0 Å². The molecule has 6 heteroatoms. The van der Waals surface area contributed by atoms with Crippen LogP contribution in [0.2, 0.25) is 0 Å². The lowest BCUT2D eigenvalue weighted by molar-refractivity contribution is -0.151. The number of allylic oxidation sites excluding steroid dienone is 6. The molecule has 6 nitrogen and oxygen atoms in total. The number of carbonyl (C=O) groups excluding carboxylic acids is 2. The molecule has 3 N–H and O–H groups in total. The van der Waals surface area contributed by atoms with Crippen LogP contribution in [0.3, 0.4) is 0 Å². The normalized spacial score (nSPS) is 13.4. The van der Waals surface area contributed by atoms with E-state index in [0.717, 1.165) is 70.6 Å². The number of hydrogen-bond donors (Lipinski definition) is 3. The van der Waals surface area contributed by atoms with Crippen LogP contribution in [0.1, 0.15) is 290 Å². The summed E-state index contributed by atoms with van der Waals surface area (Å²) in [7, 11) is 0. The van der Waals surface area contributed by atoms with Gasteiger partial charge in [0.05, 0.1) is 25.2 Å². The van der Waals surface area contributed by atoms with E-state index < -0.39 is 18.2 Å². The van der Waals surface area contributed by atoms with Gasteiger partial charge in [-0.3, -0.25) is 9.59 Å². The lowest BCUT2D eigenvalue weighted by atomic mass is 10.0. The maximum Gasteiger partial charge on any atom is 0.306 e. The largest absolute Gasteiger partial charge is 0.462 e. The first-order chi connectivity index (χ1) is 31.0. The third kappa shape index (κ3) is 46.4. The summed E-state index contributed by atoms with van der Waals surface area (Å²) < 4.78 is 5.94. The number of aliphatic hydroxyl groups is 2. The highest BCUT2D eigenvalue weighted by atomic mass is 16.5. The molecule has 0 heterocycles. The maximum atomic E-state index is 13.2. The summed E-state index contributed by atoms with van der Waals surface area (Å²) in [5.41, 5.74) is 0. The maximum absolute atomic E-state index is 13.2. The average Bonchev–Trinajstić information content (AvgIpc) is 3.28. The molecule has 0 radical (unpaired) electrons. The van der Waals surface area contributed by atoms with Crippen molar-refractivity contribution in [2.75, 3.05) is 6.61 Å². The molecule has 0 spiro atoms. The van der Waals surface area contributed by atoms with Crippen LogP contribution in [-0.4, -0.2) is 46.9 Å². The van der Waals surface area contributed by atoms with Gasteiger partial charge < -0.3 is 20.3 Å². The van der Waals surface area contributed by atoms with Crippen molar-refractivity contribution in [2.24, 2.45) is 0 Å². The highest BCUT2D eigenvalue weighted by Gasteiger charge is 2.24. The Labute approximate surface area is 392 Å². The minimum Gasteiger partial charge on any atom is -0.462 e. The quantitative estimate of drug-likeness (QED) is 0.0321. The smallest absolute Gasteiger partial charge is 0.306 e. The van der Waals surface area contributed by atoms with Gasteiger partial charge in [0.15, 0.2) is 0 Å². The Balaban J connectivity index is 4.62. The van der Waals surface area contributed by atoms with Crippen molar-refractivity contribution < 1.29 is 24.5 Å². The Hall–Kier alpha value is -1.92. The summed E-state index contributed by atoms with van der Waals surface area (Å²) in [6.45, 7) is 6.48. The molecular weight excluding hydrogens is 779 g/mol. The number of unbranched alkanes of at least 4 members (excludes halogenated alkanes) is 34. The monoisotopic (exact) mass is 886 g/mol. The summed E-state index contributed by atoms with van der Waals surface area (Å²) in [4.78, 5) is 26.2. The number of esters is 1. The molecule has 0 fully saturated rings. The van der Waals surface area contributed by atoms with Crippen LogP contribution >= 0.6 is 0 Å². The van der Waals surface area contributed by atoms with Crippen molar-refractivity contribution in [1.82, 2.24) is 5.32 Å². The van der Waals surface area contributed by atoms with E-state index in [4.69, 9.17) is 4.74 Å². The number of amides is 1. The Bertz CT molecular complexity index is 1040. The highest BCUT2D eigenvalue weighted by Crippen LogP contribution is 2.18. The van der Waals surface area contributed by atoms with Gasteiger partial charge >= 0.3 is 5.97 Å². The standard InChI is InChI=1S/C57H107NO5/c1-4-7-10-13-16-19-22-25-27-29-31-33-36-39-42-45-48-53(63-57(62)50-47-44-41-38-35-32-28-26-23-20-17-14-11-8-5-2)51-56(61)58-54(52-59)55(60)49-46-43-40-37-34-30-24-21-18-15-12-9-6-3/h22,25,27,29,31,33,53-55,59-60H,4-21,23-24,26,28,30,32,34-52H2,1-3H3,(H,58,61)/b25-22+,29-27+,33-31+. The zero-order chi connectivity index (χ0) is 45.9. The molecule has 0 aliphatic rings. The second-order valence-corrected chi connectivity index (χ2v) is 19.1. The predicted octanol–water partition coefficient (Wildman–Crippen LogP) is 16.8. The summed E-state index contributed by atoms with van der Waals surface area (Å²) in [6, 6.07) is -0.710. The molecule has 0 bridgehead atoms. The number of aliphatic hydroxyl groups excluding tert-OH is 2. The van der Waals surface area contributed by atoms with Crippen LogP contribution in [0.15, 0.2) is 36.5 Å². The molecule has 0 aliphatic heterocycles. The van der Waals surface area contributed by atoms with Crippen LogP contribution in [-0.2, 0) is 14.3 Å². The number of ether oxygens (including phenoxy) is 1. The van der Waals surface area contributed by atoms with E-state index in [1.54, 1.807) is 0 Å². The molecule has 3 unspecified atom stereocenters. The van der Waals surface area contributed by atoms with E-state index in [1.807, 2.05) is 0 Å². The third-order valence-electron chi connectivity index (χ3n) is 12.8. The summed E-state index contributed by atoms with van der Waals surface area (Å²) in [5, 5.41) is 23.8. The fourth-order valence-electron chi connectivity index (χ4n) is 8.55. The first-order valence-electron chi connectivity index (χ1n) is 27.7. The van der Waals surface area contributed by atoms with Crippen LogP contribution in [0.5, 0.6) is 0 Å². The van der Waals surface area contributed by atoms with Gasteiger partial charge in [-0.25, -0.2) is 0 Å². The molecule has 3 atom stereocenters. The Morgan fingerprint density at radius 2 is 0.810 bits per heavy atom. The minimum atomic E-state index is -0.794. The summed E-state index contributed by atoms with van der Waals surface area (Å²) >= 11 is 0. The van der Waals surface area contributed by atoms with Crippen molar-refractivity contribution in [1.29, 1.82) is 0 Å². The number of carbonyl (C=O) groups is 2. The number of rotatable bonds is 50. The molecule has 63 heavy (non-hydrogen) atoms. The van der Waals surface area contributed by atoms with Gasteiger partial charge in [0.2, 0.25) is 5.91 Å². The van der Waals surface area contributed by atoms with Gasteiger partial charge in [-0.1, -0.05) is 263 Å². The van der Waals surface area contributed by atoms with Gasteiger partial charge in [0.1, 0.15) is 6.10 Å². The minimum absolute atomic E-state index is 0.0590. The van der Waals surface area contributed by atoms with Crippen LogP contribution in [0.4, 0.5) is 0 Å². The lowest BCUT2D eigenvalue weighted by Crippen LogP contribution is -2.46. The van der Waals surface area contributed by atoms with E-state index >= 15 is 0 Å². The van der Waals surface area contributed by atoms with E-state index in [2.05, 4.69) is 62.5 Å². The molecule has 0 saturated carbocycles. The van der Waals surface area contributed by atoms with Crippen LogP contribution in [0.25, 0.3) is 0 Å². The molecule has 370 valence electrons. The van der Waals surface area contributed by atoms with Gasteiger partial charge in [0.25, 0.3) is 0 Å². The second kappa shape index (κ2) is 51.1. The molecule has 0 aromatic heterocycles. The second-order valence-electron chi connectivity index (χ2n) is 19.1. The number of nitrogens with one attached hydrogen (secondary N) is 1. The third-order valence-corrected chi connectivity index (χ3v) is 12.8. The zero-order valence-electron chi connectivity index (χ0n) is 42.2. The zero-order valence-corrected chi connectivity index (χ0v) is 42.2. The van der Waals surface area contributed by atoms with Crippen molar-refractivity contribution in [3.63, 3.8) is 0 Å². The summed E-state index contributed by atoms with van der Waals surface area (Å²) in [6.07, 6.45) is 60.6. The molecule has 0 aromatic rings. The van der Waals surface area contributed by atoms with Gasteiger partial charge in [-0.05, 0) is 51.4 Å². The topological polar surface area (TPSA) is 95.9 Å². The molecule has 0 saturated heterocycles. The average molecular weight is 886 g/mol. The Morgan fingerprint density at radius 3 is 1.22 bits per heavy atom. The van der Waals surface area contributed by atoms with E-state index in [0.29, 0.717) is 19.3 Å². The van der Waals surface area contributed by atoms with Gasteiger partial charge in [0, 0.05) is 6.42 Å². The lowest BCUT2D eigenvalue weighted by Gasteiger charge is -2.24. The Morgan fingerprint density at radius 1 is 0.460 bits per heavy atom. The molecular formula is C57H107NO5. The Kier molecular flexibility index (Phi) is 49.5. The first kappa shape index (κ1) is 61.1. The highest BCUT2D eigenvalue weighted by molar-refractivity contribution is 5.77. The van der Waals surface area contributed by atoms with Gasteiger partial charge in [-0.2, -0.15) is 0 Å². The molecule has 1 amide bonds. The van der Waals surface area contributed by atoms with Crippen molar-refractivity contribution in [3.05, 3.63) is 36.5 Å². The van der Waals surface area contributed by atoms with E-state index in [-0.39, 0.29) is 24.9 Å². The van der Waals surface area contributed by atoms with Crippen molar-refractivity contribution >= 4 is 11.9 Å². The fraction of sp³-hybridized carbons (Fsp3) is 0.860. The van der Waals surface area contributed by atoms with E-state index in [9.17, 15) is 19.8 Å². The molecule has 0 aliphatic carbocycles.